The molecular weight excluding hydrogens is 2030 g/mol. The molecule has 4 aliphatic rings. The van der Waals surface area contributed by atoms with Gasteiger partial charge in [-0.2, -0.15) is 0 Å². The van der Waals surface area contributed by atoms with Crippen molar-refractivity contribution in [2.75, 3.05) is 50.9 Å². The van der Waals surface area contributed by atoms with Crippen molar-refractivity contribution in [3.63, 3.8) is 0 Å². The Balaban J connectivity index is 0.000000226. The molecule has 8 aromatic rings. The van der Waals surface area contributed by atoms with E-state index in [2.05, 4.69) is 34.5 Å². The van der Waals surface area contributed by atoms with Crippen molar-refractivity contribution >= 4 is 66.5 Å². The van der Waals surface area contributed by atoms with Crippen LogP contribution in [0.5, 0.6) is 23.0 Å². The fraction of sp³-hybridized carbons (Fsp3) is 0.505. The Morgan fingerprint density at radius 3 is 0.857 bits per heavy atom. The number of ether oxygens (including phenoxy) is 8. The van der Waals surface area contributed by atoms with Gasteiger partial charge in [-0.25, -0.2) is 56.8 Å². The third-order valence-corrected chi connectivity index (χ3v) is 29.4. The van der Waals surface area contributed by atoms with Gasteiger partial charge < -0.3 is 91.0 Å². The van der Waals surface area contributed by atoms with Crippen LogP contribution in [-0.2, 0) is 93.4 Å². The van der Waals surface area contributed by atoms with Gasteiger partial charge in [-0.05, 0) is 144 Å². The number of aliphatic hydroxyl groups excluding tert-OH is 4. The predicted molar refractivity (Wildman–Crippen MR) is 528 cm³/mol. The van der Waals surface area contributed by atoms with Crippen LogP contribution < -0.4 is 57.4 Å². The Morgan fingerprint density at radius 2 is 0.612 bits per heavy atom. The van der Waals surface area contributed by atoms with E-state index >= 15 is 0 Å². The number of hydrogen-bond acceptors (Lipinski definition) is 36. The topological polar surface area (TPSA) is 581 Å². The Kier molecular flexibility index (Phi) is 39.5. The first-order valence-corrected chi connectivity index (χ1v) is 53.0. The highest BCUT2D eigenvalue weighted by Gasteiger charge is 2.55. The van der Waals surface area contributed by atoms with Gasteiger partial charge in [0.2, 0.25) is 18.7 Å². The zero-order chi connectivity index (χ0) is 114. The number of hydrogen-bond donors (Lipinski definition) is 8. The van der Waals surface area contributed by atoms with Crippen LogP contribution in [0.15, 0.2) is 180 Å². The summed E-state index contributed by atoms with van der Waals surface area (Å²) in [5, 5.41) is 43.0. The Labute approximate surface area is 856 Å². The van der Waals surface area contributed by atoms with E-state index in [-0.39, 0.29) is 62.3 Å². The molecule has 4 aliphatic heterocycles. The Morgan fingerprint density at radius 1 is 0.381 bits per heavy atom. The summed E-state index contributed by atoms with van der Waals surface area (Å²) in [6.45, 7) is 37.6. The number of alkyl halides is 1. The van der Waals surface area contributed by atoms with E-state index in [1.54, 1.807) is 140 Å². The maximum absolute atomic E-state index is 15.0. The number of nitrogens with one attached hydrogen (secondary N) is 4. The van der Waals surface area contributed by atoms with Crippen LogP contribution in [0.2, 0.25) is 0 Å². The van der Waals surface area contributed by atoms with Gasteiger partial charge in [0.15, 0.2) is 35.5 Å². The molecule has 6 unspecified atom stereocenters. The van der Waals surface area contributed by atoms with Crippen LogP contribution in [0.4, 0.5) is 4.39 Å². The largest absolute Gasteiger partial charge is 0.463 e. The SMILES string of the molecule is Cc1cn([C@H]2O[C@@H](COP(=O)(C[C@@H](C)C(=O)OC(C)C)Oc3ccccc3)C(O)[C@H]2F)c(=S)[nH]c1=O.[2H]C([2H])(OP(=O)(C[C@@H](C)C(=O)OC(C)C)Oc1ccccc1)[C@@H]1O[C@H](n2cc(C)c(=O)[nH]c2=O)[C@H]([N+]#[C-])C1O.[2H]C([2H])(O[P@@](=O)(C[C@@H](C)C(=O)OC(C)C)Oc1ccccc1)[C@@H]1O[C@H](n2cc(C)c(=O)[nH]c2=O)[C@H]([N+]#[C-])C1O.[2H]C([2H])(O[P@](=O)(C[C@@H](C)C(=O)OC(C)C)Oc1ccccc1)[C@@H]1O[C@H](n2cc(C)c(=O)[nH]c2=O)[C@H]([N+]#[C-])C1O. The van der Waals surface area contributed by atoms with Crippen LogP contribution >= 0.6 is 42.6 Å². The predicted octanol–water partition coefficient (Wildman–Crippen LogP) is 10.5. The van der Waals surface area contributed by atoms with Gasteiger partial charge in [0, 0.05) is 47.0 Å². The highest BCUT2D eigenvalue weighted by molar-refractivity contribution is 7.71. The molecule has 0 radical (unpaired) electrons. The number of aromatic amines is 4. The molecule has 52 heteroatoms. The number of aromatic nitrogens is 8. The number of rotatable bonds is 40. The molecule has 798 valence electrons. The van der Waals surface area contributed by atoms with Gasteiger partial charge in [-0.3, -0.25) is 94.7 Å². The monoisotopic (exact) mass is 2160 g/mol. The van der Waals surface area contributed by atoms with Crippen molar-refractivity contribution in [2.45, 2.75) is 233 Å². The van der Waals surface area contributed by atoms with E-state index in [1.165, 1.54) is 103 Å². The molecule has 147 heavy (non-hydrogen) atoms. The number of nitrogens with zero attached hydrogens (tertiary/aromatic N) is 7. The first kappa shape index (κ1) is 109. The zero-order valence-electron chi connectivity index (χ0n) is 88.4. The molecule has 8 heterocycles. The van der Waals surface area contributed by atoms with Crippen LogP contribution in [-0.4, -0.2) is 231 Å². The minimum atomic E-state index is -4.50. The number of carbonyl (C=O) groups excluding carboxylic acids is 4. The average Bonchev–Trinajstić information content (AvgIpc) is 1.62. The number of halogens is 1. The van der Waals surface area contributed by atoms with Crippen molar-refractivity contribution in [1.82, 2.24) is 38.2 Å². The first-order valence-electron chi connectivity index (χ1n) is 48.7. The van der Waals surface area contributed by atoms with Crippen molar-refractivity contribution in [1.29, 1.82) is 0 Å². The highest BCUT2D eigenvalue weighted by atomic mass is 32.1. The Hall–Kier alpha value is -12.1. The minimum Gasteiger partial charge on any atom is -0.463 e. The molecule has 0 aliphatic carbocycles. The highest BCUT2D eigenvalue weighted by Crippen LogP contribution is 2.55. The second-order valence-corrected chi connectivity index (χ2v) is 43.6. The van der Waals surface area contributed by atoms with E-state index in [1.807, 2.05) is 0 Å². The molecule has 0 spiro atoms. The lowest BCUT2D eigenvalue weighted by Gasteiger charge is -2.24. The lowest BCUT2D eigenvalue weighted by Crippen LogP contribution is -2.37. The smallest absolute Gasteiger partial charge is 0.380 e. The standard InChI is InChI=1S/3C24H30N3O9P.C23H30FN2O8PS/c3*1-14(2)34-23(30)16(4)13-37(32,36-17-9-7-6-8-10-17)33-12-18-20(28)19(25-5)22(35-18)27-11-15(3)21(29)26-24(27)31;1-13(2)32-22(29)15(4)12-35(30,34-16-8-6-5-7-9-16)31-11-17-19(27)18(24)21(33-17)26-10-14(3)20(28)25-23(26)36/h3*6-11,14,16,18-20,22,28H,12-13H2,1-4H3,(H,26,29,31);5-10,13,15,17-19,21,27H,11-12H2,1-4H3,(H,25,28,36)/t16-,18+,19-,20?,22+,37?;16-,18+,19-,20?,22+,37+;16-,18+,19-,20?,22+,37-;15-,17+,18-,19?,21+,35?/m1111/s1/i3*12D2;. The lowest BCUT2D eigenvalue weighted by molar-refractivity contribution is -0.152. The number of H-pyrrole nitrogens is 4. The summed E-state index contributed by atoms with van der Waals surface area (Å²) in [6, 6.07) is 27.1. The maximum Gasteiger partial charge on any atom is 0.380 e. The molecule has 4 fully saturated rings. The Bertz CT molecular complexity index is 6540. The van der Waals surface area contributed by atoms with Crippen molar-refractivity contribution < 1.29 is 145 Å². The van der Waals surface area contributed by atoms with Crippen LogP contribution in [0.25, 0.3) is 14.5 Å². The number of carbonyl (C=O) groups is 4. The van der Waals surface area contributed by atoms with Gasteiger partial charge in [-0.15, -0.1) is 0 Å². The van der Waals surface area contributed by atoms with Crippen molar-refractivity contribution in [2.24, 2.45) is 23.7 Å². The van der Waals surface area contributed by atoms with E-state index in [0.717, 1.165) is 32.3 Å². The van der Waals surface area contributed by atoms with Gasteiger partial charge in [0.25, 0.3) is 40.4 Å². The molecule has 4 aromatic carbocycles. The van der Waals surface area contributed by atoms with E-state index in [4.69, 9.17) is 114 Å². The summed E-state index contributed by atoms with van der Waals surface area (Å²) in [6.07, 6.45) is -20.9. The molecule has 4 saturated heterocycles. The third kappa shape index (κ3) is 33.0. The molecule has 0 amide bonds. The number of aryl methyl sites for hydroxylation is 4. The third-order valence-electron chi connectivity index (χ3n) is 21.5. The second kappa shape index (κ2) is 53.2. The zero-order valence-corrected chi connectivity index (χ0v) is 86.8. The molecule has 12 rings (SSSR count). The molecular formula is C95H120FN11O35P4S. The number of esters is 4. The molecule has 24 atom stereocenters. The maximum atomic E-state index is 15.0. The fourth-order valence-electron chi connectivity index (χ4n) is 14.1. The van der Waals surface area contributed by atoms with Gasteiger partial charge >= 0.3 is 71.3 Å². The lowest BCUT2D eigenvalue weighted by atomic mass is 10.1. The summed E-state index contributed by atoms with van der Waals surface area (Å²) < 4.78 is 213. The van der Waals surface area contributed by atoms with Crippen LogP contribution in [0, 0.1) is 75.9 Å². The van der Waals surface area contributed by atoms with E-state index < -0.39 is 278 Å². The van der Waals surface area contributed by atoms with Crippen LogP contribution in [0.3, 0.4) is 0 Å². The summed E-state index contributed by atoms with van der Waals surface area (Å²) in [5.74, 6) is -6.15. The molecule has 0 bridgehead atoms. The normalized spacial score (nSPS) is 24.7. The van der Waals surface area contributed by atoms with E-state index in [9.17, 15) is 95.8 Å². The summed E-state index contributed by atoms with van der Waals surface area (Å²) in [7, 11) is -17.5. The van der Waals surface area contributed by atoms with Gasteiger partial charge in [-0.1, -0.05) is 100 Å². The average molecular weight is 2160 g/mol. The number of para-hydroxylation sites is 4. The fourth-order valence-corrected chi connectivity index (χ4v) is 21.4. The van der Waals surface area contributed by atoms with Crippen molar-refractivity contribution in [3.05, 3.63) is 280 Å². The van der Waals surface area contributed by atoms with Crippen LogP contribution in [0.1, 0.15) is 138 Å². The molecule has 0 saturated carbocycles. The summed E-state index contributed by atoms with van der Waals surface area (Å²) >= 11 is 5.10. The van der Waals surface area contributed by atoms with Gasteiger partial charge in [0.1, 0.15) is 53.5 Å². The summed E-state index contributed by atoms with van der Waals surface area (Å²) in [5.41, 5.74) is -4.59. The van der Waals surface area contributed by atoms with Gasteiger partial charge in [0.05, 0.1) is 107 Å². The number of aliphatic hydroxyl groups is 4. The number of benzene rings is 4. The molecule has 4 aromatic heterocycles. The minimum absolute atomic E-state index is 0.0705. The summed E-state index contributed by atoms with van der Waals surface area (Å²) in [4.78, 5) is 152. The van der Waals surface area contributed by atoms with E-state index in [0.29, 0.717) is 0 Å². The van der Waals surface area contributed by atoms with Crippen molar-refractivity contribution in [3.8, 4) is 23.0 Å². The second-order valence-electron chi connectivity index (χ2n) is 35.3. The molecule has 46 nitrogen and oxygen atoms in total. The molecule has 8 N–H and O–H groups in total. The quantitative estimate of drug-likeness (QED) is 0.00581. The first-order chi connectivity index (χ1) is 71.4.